The Bertz CT molecular complexity index is 310. The van der Waals surface area contributed by atoms with Gasteiger partial charge in [-0.1, -0.05) is 13.8 Å². The molecule has 0 fully saturated rings. The number of aromatic hydroxyl groups is 1. The van der Waals surface area contributed by atoms with Crippen LogP contribution >= 0.6 is 15.9 Å². The summed E-state index contributed by atoms with van der Waals surface area (Å²) in [5.41, 5.74) is 0.405. The van der Waals surface area contributed by atoms with E-state index in [2.05, 4.69) is 20.7 Å². The van der Waals surface area contributed by atoms with E-state index in [4.69, 9.17) is 5.11 Å². The quantitative estimate of drug-likeness (QED) is 0.790. The Morgan fingerprint density at radius 3 is 2.43 bits per heavy atom. The first kappa shape index (κ1) is 13.0. The normalized spacial score (nSPS) is 8.57. The van der Waals surface area contributed by atoms with Gasteiger partial charge in [0.05, 0.1) is 17.1 Å². The van der Waals surface area contributed by atoms with Crippen molar-refractivity contribution in [2.75, 3.05) is 7.11 Å². The molecular formula is C10H13BrO3. The average molecular weight is 261 g/mol. The lowest BCUT2D eigenvalue weighted by atomic mass is 10.2. The van der Waals surface area contributed by atoms with Crippen molar-refractivity contribution in [1.82, 2.24) is 0 Å². The molecular weight excluding hydrogens is 248 g/mol. The third kappa shape index (κ3) is 3.38. The molecule has 0 aliphatic rings. The predicted octanol–water partition coefficient (Wildman–Crippen LogP) is 2.97. The zero-order valence-electron chi connectivity index (χ0n) is 8.37. The fraction of sp³-hybridized carbons (Fsp3) is 0.300. The molecule has 0 saturated heterocycles. The summed E-state index contributed by atoms with van der Waals surface area (Å²) >= 11 is 3.09. The number of esters is 1. The second kappa shape index (κ2) is 6.43. The van der Waals surface area contributed by atoms with E-state index in [1.54, 1.807) is 0 Å². The van der Waals surface area contributed by atoms with Crippen molar-refractivity contribution in [2.45, 2.75) is 13.8 Å². The average Bonchev–Trinajstić information content (AvgIpc) is 2.24. The molecule has 0 bridgehead atoms. The van der Waals surface area contributed by atoms with Crippen LogP contribution in [0.25, 0.3) is 0 Å². The van der Waals surface area contributed by atoms with Gasteiger partial charge in [-0.05, 0) is 34.1 Å². The van der Waals surface area contributed by atoms with Crippen LogP contribution in [0.3, 0.4) is 0 Å². The lowest BCUT2D eigenvalue weighted by molar-refractivity contribution is 0.0600. The van der Waals surface area contributed by atoms with Gasteiger partial charge in [0, 0.05) is 0 Å². The summed E-state index contributed by atoms with van der Waals surface area (Å²) in [7, 11) is 1.31. The van der Waals surface area contributed by atoms with Gasteiger partial charge in [-0.25, -0.2) is 4.79 Å². The smallest absolute Gasteiger partial charge is 0.337 e. The van der Waals surface area contributed by atoms with Crippen molar-refractivity contribution in [3.63, 3.8) is 0 Å². The van der Waals surface area contributed by atoms with Crippen molar-refractivity contribution in [3.8, 4) is 5.75 Å². The number of phenolic OH excluding ortho intramolecular Hbond substituents is 1. The lowest BCUT2D eigenvalue weighted by Gasteiger charge is -2.00. The minimum absolute atomic E-state index is 0.0997. The van der Waals surface area contributed by atoms with Crippen LogP contribution in [0, 0.1) is 0 Å². The maximum atomic E-state index is 11.0. The summed E-state index contributed by atoms with van der Waals surface area (Å²) in [6.45, 7) is 4.00. The lowest BCUT2D eigenvalue weighted by Crippen LogP contribution is -2.00. The Balaban J connectivity index is 0.000000791. The van der Waals surface area contributed by atoms with Gasteiger partial charge in [-0.15, -0.1) is 0 Å². The van der Waals surface area contributed by atoms with Gasteiger partial charge < -0.3 is 9.84 Å². The molecule has 0 saturated carbocycles. The number of hydrogen-bond donors (Lipinski definition) is 1. The zero-order chi connectivity index (χ0) is 11.1. The molecule has 3 nitrogen and oxygen atoms in total. The SMILES string of the molecule is CC.COC(=O)c1ccc(O)c(Br)c1. The highest BCUT2D eigenvalue weighted by molar-refractivity contribution is 9.10. The minimum atomic E-state index is -0.421. The Kier molecular flexibility index (Phi) is 5.95. The fourth-order valence-corrected chi connectivity index (χ4v) is 1.13. The molecule has 0 spiro atoms. The minimum Gasteiger partial charge on any atom is -0.507 e. The molecule has 1 aromatic carbocycles. The summed E-state index contributed by atoms with van der Waals surface area (Å²) in [4.78, 5) is 11.0. The number of carbonyl (C=O) groups excluding carboxylic acids is 1. The van der Waals surface area contributed by atoms with Crippen LogP contribution in [0.5, 0.6) is 5.75 Å². The molecule has 78 valence electrons. The van der Waals surface area contributed by atoms with Gasteiger partial charge in [-0.3, -0.25) is 0 Å². The summed E-state index contributed by atoms with van der Waals surface area (Å²) in [6.07, 6.45) is 0. The summed E-state index contributed by atoms with van der Waals surface area (Å²) in [5, 5.41) is 9.10. The third-order valence-corrected chi connectivity index (χ3v) is 2.00. The number of benzene rings is 1. The van der Waals surface area contributed by atoms with Gasteiger partial charge in [-0.2, -0.15) is 0 Å². The molecule has 0 aliphatic heterocycles. The van der Waals surface area contributed by atoms with Crippen molar-refractivity contribution in [2.24, 2.45) is 0 Å². The Labute approximate surface area is 91.8 Å². The first-order valence-corrected chi connectivity index (χ1v) is 5.01. The van der Waals surface area contributed by atoms with Crippen LogP contribution < -0.4 is 0 Å². The standard InChI is InChI=1S/C8H7BrO3.C2H6/c1-12-8(11)5-2-3-7(10)6(9)4-5;1-2/h2-4,10H,1H3;1-2H3. The largest absolute Gasteiger partial charge is 0.507 e. The van der Waals surface area contributed by atoms with E-state index < -0.39 is 5.97 Å². The van der Waals surface area contributed by atoms with E-state index in [-0.39, 0.29) is 5.75 Å². The van der Waals surface area contributed by atoms with Crippen molar-refractivity contribution in [3.05, 3.63) is 28.2 Å². The number of phenols is 1. The number of ether oxygens (including phenoxy) is 1. The van der Waals surface area contributed by atoms with Crippen LogP contribution in [-0.2, 0) is 4.74 Å². The summed E-state index contributed by atoms with van der Waals surface area (Å²) in [5.74, 6) is -0.321. The maximum Gasteiger partial charge on any atom is 0.337 e. The maximum absolute atomic E-state index is 11.0. The van der Waals surface area contributed by atoms with E-state index in [0.29, 0.717) is 10.0 Å². The molecule has 14 heavy (non-hydrogen) atoms. The molecule has 4 heteroatoms. The van der Waals surface area contributed by atoms with E-state index in [9.17, 15) is 4.79 Å². The molecule has 0 atom stereocenters. The van der Waals surface area contributed by atoms with Gasteiger partial charge in [0.2, 0.25) is 0 Å². The Hall–Kier alpha value is -1.03. The van der Waals surface area contributed by atoms with Gasteiger partial charge in [0.1, 0.15) is 5.75 Å². The Morgan fingerprint density at radius 2 is 2.00 bits per heavy atom. The highest BCUT2D eigenvalue weighted by Gasteiger charge is 2.06. The predicted molar refractivity (Wildman–Crippen MR) is 58.5 cm³/mol. The van der Waals surface area contributed by atoms with Gasteiger partial charge in [0.25, 0.3) is 0 Å². The van der Waals surface area contributed by atoms with E-state index in [1.807, 2.05) is 13.8 Å². The zero-order valence-corrected chi connectivity index (χ0v) is 9.96. The molecule has 1 N–H and O–H groups in total. The topological polar surface area (TPSA) is 46.5 Å². The molecule has 0 aliphatic carbocycles. The number of methoxy groups -OCH3 is 1. The number of rotatable bonds is 1. The number of carbonyl (C=O) groups is 1. The van der Waals surface area contributed by atoms with E-state index >= 15 is 0 Å². The van der Waals surface area contributed by atoms with Crippen LogP contribution in [0.15, 0.2) is 22.7 Å². The van der Waals surface area contributed by atoms with E-state index in [0.717, 1.165) is 0 Å². The van der Waals surface area contributed by atoms with Crippen LogP contribution in [0.1, 0.15) is 24.2 Å². The van der Waals surface area contributed by atoms with Gasteiger partial charge >= 0.3 is 5.97 Å². The summed E-state index contributed by atoms with van der Waals surface area (Å²) < 4.78 is 4.97. The second-order valence-electron chi connectivity index (χ2n) is 2.16. The highest BCUT2D eigenvalue weighted by atomic mass is 79.9. The molecule has 0 heterocycles. The summed E-state index contributed by atoms with van der Waals surface area (Å²) in [6, 6.07) is 4.42. The van der Waals surface area contributed by atoms with Crippen LogP contribution in [0.4, 0.5) is 0 Å². The molecule has 0 aromatic heterocycles. The number of halogens is 1. The Morgan fingerprint density at radius 1 is 1.43 bits per heavy atom. The van der Waals surface area contributed by atoms with E-state index in [1.165, 1.54) is 25.3 Å². The molecule has 0 unspecified atom stereocenters. The van der Waals surface area contributed by atoms with Crippen molar-refractivity contribution in [1.29, 1.82) is 0 Å². The monoisotopic (exact) mass is 260 g/mol. The molecule has 0 amide bonds. The van der Waals surface area contributed by atoms with Crippen LogP contribution in [0.2, 0.25) is 0 Å². The first-order valence-electron chi connectivity index (χ1n) is 4.22. The van der Waals surface area contributed by atoms with Crippen molar-refractivity contribution < 1.29 is 14.6 Å². The molecule has 1 aromatic rings. The first-order chi connectivity index (χ1) is 6.65. The van der Waals surface area contributed by atoms with Gasteiger partial charge in [0.15, 0.2) is 0 Å². The van der Waals surface area contributed by atoms with Crippen LogP contribution in [-0.4, -0.2) is 18.2 Å². The third-order valence-electron chi connectivity index (χ3n) is 1.37. The van der Waals surface area contributed by atoms with Crippen molar-refractivity contribution >= 4 is 21.9 Å². The molecule has 1 rings (SSSR count). The fourth-order valence-electron chi connectivity index (χ4n) is 0.752. The second-order valence-corrected chi connectivity index (χ2v) is 3.01. The number of hydrogen-bond acceptors (Lipinski definition) is 3. The highest BCUT2D eigenvalue weighted by Crippen LogP contribution is 2.24. The molecule has 0 radical (unpaired) electrons.